The third-order valence-corrected chi connectivity index (χ3v) is 5.05. The molecule has 0 amide bonds. The summed E-state index contributed by atoms with van der Waals surface area (Å²) in [5.41, 5.74) is 1.80. The normalized spacial score (nSPS) is 11.6. The number of sulfonamides is 1. The molecule has 1 N–H and O–H groups in total. The van der Waals surface area contributed by atoms with Gasteiger partial charge in [0.1, 0.15) is 4.90 Å². The zero-order chi connectivity index (χ0) is 16.6. The Hall–Kier alpha value is -2.61. The summed E-state index contributed by atoms with van der Waals surface area (Å²) in [7, 11) is -2.03. The first kappa shape index (κ1) is 15.3. The zero-order valence-corrected chi connectivity index (χ0v) is 13.9. The Labute approximate surface area is 134 Å². The second-order valence-electron chi connectivity index (χ2n) is 5.23. The van der Waals surface area contributed by atoms with Crippen LogP contribution in [0.1, 0.15) is 11.4 Å². The molecule has 23 heavy (non-hydrogen) atoms. The topological polar surface area (TPSA) is 81.8 Å². The summed E-state index contributed by atoms with van der Waals surface area (Å²) in [4.78, 5) is 0.173. The van der Waals surface area contributed by atoms with E-state index in [2.05, 4.69) is 14.9 Å². The number of aromatic nitrogens is 4. The summed E-state index contributed by atoms with van der Waals surface area (Å²) < 4.78 is 31.0. The van der Waals surface area contributed by atoms with Gasteiger partial charge in [-0.25, -0.2) is 13.1 Å². The molecule has 120 valence electrons. The van der Waals surface area contributed by atoms with E-state index < -0.39 is 10.0 Å². The number of rotatable bonds is 4. The maximum Gasteiger partial charge on any atom is 0.266 e. The number of benzene rings is 1. The lowest BCUT2D eigenvalue weighted by molar-refractivity contribution is 0.599. The minimum atomic E-state index is -3.76. The minimum Gasteiger partial charge on any atom is -0.274 e. The number of para-hydroxylation sites is 1. The number of nitrogens with zero attached hydrogens (tertiary/aromatic N) is 4. The quantitative estimate of drug-likeness (QED) is 0.793. The Bertz CT molecular complexity index is 942. The highest BCUT2D eigenvalue weighted by atomic mass is 32.2. The molecule has 0 saturated carbocycles. The van der Waals surface area contributed by atoms with Gasteiger partial charge in [-0.15, -0.1) is 0 Å². The molecule has 0 bridgehead atoms. The van der Waals surface area contributed by atoms with E-state index in [9.17, 15) is 8.42 Å². The maximum absolute atomic E-state index is 12.7. The molecular weight excluding hydrogens is 314 g/mol. The van der Waals surface area contributed by atoms with Gasteiger partial charge in [0.2, 0.25) is 0 Å². The third kappa shape index (κ3) is 2.85. The van der Waals surface area contributed by atoms with Crippen LogP contribution >= 0.6 is 0 Å². The second kappa shape index (κ2) is 5.54. The van der Waals surface area contributed by atoms with E-state index in [1.807, 2.05) is 30.3 Å². The number of hydrogen-bond donors (Lipinski definition) is 1. The van der Waals surface area contributed by atoms with Crippen molar-refractivity contribution >= 4 is 15.8 Å². The van der Waals surface area contributed by atoms with Gasteiger partial charge >= 0.3 is 0 Å². The van der Waals surface area contributed by atoms with Crippen LogP contribution in [0, 0.1) is 13.8 Å². The molecule has 2 heterocycles. The van der Waals surface area contributed by atoms with Gasteiger partial charge in [-0.3, -0.25) is 9.40 Å². The van der Waals surface area contributed by atoms with Crippen LogP contribution in [0.25, 0.3) is 5.69 Å². The molecule has 8 heteroatoms. The SMILES string of the molecule is Cc1nn(-c2ccccc2)c(C)c1S(=O)(=O)Nc1ccn(C)n1. The molecule has 1 aromatic carbocycles. The Morgan fingerprint density at radius 3 is 2.35 bits per heavy atom. The smallest absolute Gasteiger partial charge is 0.266 e. The van der Waals surface area contributed by atoms with Crippen molar-refractivity contribution in [1.82, 2.24) is 19.6 Å². The van der Waals surface area contributed by atoms with Gasteiger partial charge in [-0.2, -0.15) is 10.2 Å². The van der Waals surface area contributed by atoms with E-state index in [-0.39, 0.29) is 10.7 Å². The number of hydrogen-bond acceptors (Lipinski definition) is 4. The number of aryl methyl sites for hydroxylation is 2. The molecule has 0 atom stereocenters. The van der Waals surface area contributed by atoms with Crippen molar-refractivity contribution in [3.63, 3.8) is 0 Å². The molecule has 0 radical (unpaired) electrons. The van der Waals surface area contributed by atoms with Crippen molar-refractivity contribution in [2.45, 2.75) is 18.7 Å². The summed E-state index contributed by atoms with van der Waals surface area (Å²) in [6, 6.07) is 11.0. The molecule has 3 aromatic rings. The van der Waals surface area contributed by atoms with Gasteiger partial charge in [0.25, 0.3) is 10.0 Å². The highest BCUT2D eigenvalue weighted by Crippen LogP contribution is 2.24. The van der Waals surface area contributed by atoms with Crippen LogP contribution in [0.5, 0.6) is 0 Å². The molecule has 7 nitrogen and oxygen atoms in total. The summed E-state index contributed by atoms with van der Waals surface area (Å²) in [6.45, 7) is 3.42. The summed E-state index contributed by atoms with van der Waals surface area (Å²) >= 11 is 0. The predicted molar refractivity (Wildman–Crippen MR) is 87.1 cm³/mol. The molecular formula is C15H17N5O2S. The first-order valence-corrected chi connectivity index (χ1v) is 8.51. The van der Waals surface area contributed by atoms with Crippen molar-refractivity contribution in [3.05, 3.63) is 54.0 Å². The van der Waals surface area contributed by atoms with E-state index in [4.69, 9.17) is 0 Å². The molecule has 0 saturated heterocycles. The van der Waals surface area contributed by atoms with E-state index in [0.29, 0.717) is 11.4 Å². The fourth-order valence-electron chi connectivity index (χ4n) is 2.50. The van der Waals surface area contributed by atoms with Crippen LogP contribution in [0.3, 0.4) is 0 Å². The molecule has 0 spiro atoms. The van der Waals surface area contributed by atoms with Crippen LogP contribution in [-0.2, 0) is 17.1 Å². The fraction of sp³-hybridized carbons (Fsp3) is 0.200. The number of anilines is 1. The van der Waals surface area contributed by atoms with Crippen molar-refractivity contribution in [3.8, 4) is 5.69 Å². The maximum atomic E-state index is 12.7. The van der Waals surface area contributed by atoms with E-state index in [1.54, 1.807) is 37.8 Å². The summed E-state index contributed by atoms with van der Waals surface area (Å²) in [5, 5.41) is 8.41. The van der Waals surface area contributed by atoms with E-state index in [1.165, 1.54) is 4.68 Å². The van der Waals surface area contributed by atoms with Crippen LogP contribution < -0.4 is 4.72 Å². The molecule has 0 fully saturated rings. The Morgan fingerprint density at radius 2 is 1.74 bits per heavy atom. The van der Waals surface area contributed by atoms with Gasteiger partial charge in [0, 0.05) is 19.3 Å². The molecule has 0 aliphatic rings. The minimum absolute atomic E-state index is 0.173. The Kier molecular flexibility index (Phi) is 3.69. The highest BCUT2D eigenvalue weighted by Gasteiger charge is 2.25. The van der Waals surface area contributed by atoms with Gasteiger partial charge in [0.15, 0.2) is 5.82 Å². The van der Waals surface area contributed by atoms with Crippen molar-refractivity contribution in [2.24, 2.45) is 7.05 Å². The third-order valence-electron chi connectivity index (χ3n) is 3.45. The predicted octanol–water partition coefficient (Wildman–Crippen LogP) is 2.02. The number of nitrogens with one attached hydrogen (secondary N) is 1. The monoisotopic (exact) mass is 331 g/mol. The van der Waals surface area contributed by atoms with E-state index >= 15 is 0 Å². The average molecular weight is 331 g/mol. The lowest BCUT2D eigenvalue weighted by Crippen LogP contribution is -2.15. The zero-order valence-electron chi connectivity index (χ0n) is 13.1. The van der Waals surface area contributed by atoms with Gasteiger partial charge in [-0.05, 0) is 26.0 Å². The second-order valence-corrected chi connectivity index (χ2v) is 6.85. The summed E-state index contributed by atoms with van der Waals surface area (Å²) in [5.74, 6) is 0.277. The summed E-state index contributed by atoms with van der Waals surface area (Å²) in [6.07, 6.45) is 1.67. The molecule has 0 aliphatic heterocycles. The van der Waals surface area contributed by atoms with Crippen molar-refractivity contribution < 1.29 is 8.42 Å². The average Bonchev–Trinajstić information content (AvgIpc) is 3.02. The van der Waals surface area contributed by atoms with Crippen molar-refractivity contribution in [1.29, 1.82) is 0 Å². The van der Waals surface area contributed by atoms with Crippen molar-refractivity contribution in [2.75, 3.05) is 4.72 Å². The van der Waals surface area contributed by atoms with Crippen LogP contribution in [0.4, 0.5) is 5.82 Å². The van der Waals surface area contributed by atoms with E-state index in [0.717, 1.165) is 5.69 Å². The lowest BCUT2D eigenvalue weighted by atomic mass is 10.3. The van der Waals surface area contributed by atoms with Crippen LogP contribution in [0.2, 0.25) is 0 Å². The Balaban J connectivity index is 2.04. The molecule has 0 aliphatic carbocycles. The van der Waals surface area contributed by atoms with Crippen LogP contribution in [0.15, 0.2) is 47.5 Å². The fourth-order valence-corrected chi connectivity index (χ4v) is 3.89. The molecule has 2 aromatic heterocycles. The largest absolute Gasteiger partial charge is 0.274 e. The first-order valence-electron chi connectivity index (χ1n) is 7.02. The first-order chi connectivity index (χ1) is 10.9. The highest BCUT2D eigenvalue weighted by molar-refractivity contribution is 7.92. The Morgan fingerprint density at radius 1 is 1.04 bits per heavy atom. The lowest BCUT2D eigenvalue weighted by Gasteiger charge is -2.07. The van der Waals surface area contributed by atoms with Gasteiger partial charge in [0.05, 0.1) is 17.1 Å². The standard InChI is InChI=1S/C15H17N5O2S/c1-11-15(23(21,22)18-14-9-10-19(3)17-14)12(2)20(16-11)13-7-5-4-6-8-13/h4-10H,1-3H3,(H,17,18). The molecule has 0 unspecified atom stereocenters. The molecule has 3 rings (SSSR count). The van der Waals surface area contributed by atoms with Crippen LogP contribution in [-0.4, -0.2) is 28.0 Å². The van der Waals surface area contributed by atoms with Gasteiger partial charge in [-0.1, -0.05) is 18.2 Å². The van der Waals surface area contributed by atoms with Gasteiger partial charge < -0.3 is 0 Å².